The second-order valence-corrected chi connectivity index (χ2v) is 17.6. The summed E-state index contributed by atoms with van der Waals surface area (Å²) < 4.78 is 43.6. The van der Waals surface area contributed by atoms with E-state index < -0.39 is 10.0 Å². The van der Waals surface area contributed by atoms with Crippen LogP contribution in [0.4, 0.5) is 0 Å². The average molecular weight is 1090 g/mol. The lowest BCUT2D eigenvalue weighted by Crippen LogP contribution is -2.22. The van der Waals surface area contributed by atoms with Crippen LogP contribution in [0.5, 0.6) is 11.5 Å². The van der Waals surface area contributed by atoms with Gasteiger partial charge < -0.3 is 25.1 Å². The van der Waals surface area contributed by atoms with Crippen molar-refractivity contribution < 1.29 is 27.5 Å². The minimum absolute atomic E-state index is 0.0274. The molecule has 0 saturated carbocycles. The van der Waals surface area contributed by atoms with Crippen molar-refractivity contribution in [3.8, 4) is 11.5 Å². The number of fused-ring (bicyclic) bond motifs is 2. The molecule has 2 amide bonds. The number of rotatable bonds is 10. The molecule has 2 aromatic heterocycles. The van der Waals surface area contributed by atoms with Crippen molar-refractivity contribution in [2.45, 2.75) is 38.5 Å². The van der Waals surface area contributed by atoms with Gasteiger partial charge in [-0.3, -0.25) is 9.59 Å². The summed E-state index contributed by atoms with van der Waals surface area (Å²) in [6.45, 7) is 5.81. The van der Waals surface area contributed by atoms with Crippen LogP contribution in [-0.2, 0) is 32.5 Å². The number of halogens is 6. The minimum Gasteiger partial charge on any atom is -0.494 e. The number of ether oxygens (including phenoxy) is 2. The first kappa shape index (κ1) is 40.9. The number of hydrogen-bond donors (Lipinski definition) is 3. The molecule has 10 nitrogen and oxygen atoms in total. The van der Waals surface area contributed by atoms with Crippen LogP contribution in [0.2, 0.25) is 0 Å². The number of methoxy groups -OCH3 is 2. The van der Waals surface area contributed by atoms with Gasteiger partial charge in [-0.15, -0.1) is 0 Å². The summed E-state index contributed by atoms with van der Waals surface area (Å²) in [6.07, 6.45) is 1.15. The Labute approximate surface area is 340 Å². The van der Waals surface area contributed by atoms with Gasteiger partial charge in [0.25, 0.3) is 10.0 Å². The van der Waals surface area contributed by atoms with Gasteiger partial charge in [-0.05, 0) is 151 Å². The summed E-state index contributed by atoms with van der Waals surface area (Å²) in [7, 11) is -0.708. The Hall–Kier alpha value is -1.89. The molecular formula is C33H32Br6N4O6S. The zero-order valence-electron chi connectivity index (χ0n) is 27.4. The van der Waals surface area contributed by atoms with Crippen molar-refractivity contribution in [1.82, 2.24) is 19.6 Å². The van der Waals surface area contributed by atoms with Gasteiger partial charge >= 0.3 is 0 Å². The van der Waals surface area contributed by atoms with E-state index >= 15 is 0 Å². The van der Waals surface area contributed by atoms with Crippen LogP contribution in [0.25, 0.3) is 21.8 Å². The summed E-state index contributed by atoms with van der Waals surface area (Å²) in [4.78, 5) is 25.7. The maximum atomic E-state index is 13.6. The highest BCUT2D eigenvalue weighted by atomic mass is 79.9. The highest BCUT2D eigenvalue weighted by Crippen LogP contribution is 2.46. The van der Waals surface area contributed by atoms with Crippen LogP contribution >= 0.6 is 95.6 Å². The molecule has 2 heterocycles. The standard InChI is InChI=1S/C20H19Br3N2O4S.C13H13Br3N2O2/c1-11-4-6-13(7-5-11)30(27,28)25-16-10-15(21)19(29-3)18(22)17(16)14(20(25)23)8-9-24-12(2)26;1-6(19)17-4-3-7-10-9(18-13(7)16)5-8(14)12(20-2)11(10)15/h4-7,10H,8-9H2,1-3H3,(H,24,26);5,18H,3-4H2,1-2H3,(H,17,19). The summed E-state index contributed by atoms with van der Waals surface area (Å²) >= 11 is 21.2. The number of carbonyl (C=O) groups excluding carboxylic acids is 2. The second kappa shape index (κ2) is 17.3. The van der Waals surface area contributed by atoms with E-state index in [4.69, 9.17) is 9.47 Å². The molecule has 0 atom stereocenters. The predicted octanol–water partition coefficient (Wildman–Crippen LogP) is 9.30. The molecule has 0 saturated heterocycles. The van der Waals surface area contributed by atoms with E-state index in [-0.39, 0.29) is 16.7 Å². The number of nitrogens with zero attached hydrogens (tertiary/aromatic N) is 1. The van der Waals surface area contributed by atoms with Gasteiger partial charge in [0.1, 0.15) is 16.1 Å². The number of aromatic nitrogens is 2. The monoisotopic (exact) mass is 1090 g/mol. The minimum atomic E-state index is -3.89. The average Bonchev–Trinajstić information content (AvgIpc) is 3.50. The van der Waals surface area contributed by atoms with Crippen molar-refractivity contribution in [2.24, 2.45) is 0 Å². The predicted molar refractivity (Wildman–Crippen MR) is 218 cm³/mol. The molecule has 0 aliphatic carbocycles. The molecule has 0 aliphatic rings. The molecule has 0 aliphatic heterocycles. The topological polar surface area (TPSA) is 132 Å². The molecule has 0 fully saturated rings. The van der Waals surface area contributed by atoms with Gasteiger partial charge in [-0.2, -0.15) is 0 Å². The van der Waals surface area contributed by atoms with Gasteiger partial charge in [0.15, 0.2) is 0 Å². The van der Waals surface area contributed by atoms with Crippen molar-refractivity contribution >= 4 is 139 Å². The Morgan fingerprint density at radius 1 is 0.780 bits per heavy atom. The lowest BCUT2D eigenvalue weighted by Gasteiger charge is -2.11. The molecule has 0 unspecified atom stereocenters. The number of aryl methyl sites for hydroxylation is 1. The first-order chi connectivity index (χ1) is 23.5. The van der Waals surface area contributed by atoms with E-state index in [0.29, 0.717) is 49.7 Å². The van der Waals surface area contributed by atoms with E-state index in [1.54, 1.807) is 44.6 Å². The second-order valence-electron chi connectivity index (χ2n) is 11.0. The van der Waals surface area contributed by atoms with Crippen LogP contribution in [-0.4, -0.2) is 56.5 Å². The maximum Gasteiger partial charge on any atom is 0.269 e. The van der Waals surface area contributed by atoms with Crippen molar-refractivity contribution in [1.29, 1.82) is 0 Å². The van der Waals surface area contributed by atoms with Crippen LogP contribution in [0.1, 0.15) is 30.5 Å². The summed E-state index contributed by atoms with van der Waals surface area (Å²) in [5.41, 5.74) is 4.30. The van der Waals surface area contributed by atoms with Crippen molar-refractivity contribution in [3.63, 3.8) is 0 Å². The number of hydrogen-bond acceptors (Lipinski definition) is 6. The molecule has 0 spiro atoms. The summed E-state index contributed by atoms with van der Waals surface area (Å²) in [6, 6.07) is 10.4. The molecule has 5 aromatic rings. The highest BCUT2D eigenvalue weighted by Gasteiger charge is 2.29. The van der Waals surface area contributed by atoms with Gasteiger partial charge in [-0.25, -0.2) is 12.4 Å². The van der Waals surface area contributed by atoms with Crippen molar-refractivity contribution in [3.05, 3.63) is 80.2 Å². The third-order valence-electron chi connectivity index (χ3n) is 7.56. The molecule has 5 rings (SSSR count). The number of benzene rings is 3. The van der Waals surface area contributed by atoms with Gasteiger partial charge in [0, 0.05) is 43.2 Å². The molecule has 17 heteroatoms. The fraction of sp³-hybridized carbons (Fsp3) is 0.273. The molecular weight excluding hydrogens is 1060 g/mol. The Balaban J connectivity index is 0.000000244. The Morgan fingerprint density at radius 2 is 1.28 bits per heavy atom. The molecule has 50 heavy (non-hydrogen) atoms. The first-order valence-electron chi connectivity index (χ1n) is 14.8. The zero-order valence-corrected chi connectivity index (χ0v) is 37.7. The lowest BCUT2D eigenvalue weighted by atomic mass is 10.1. The van der Waals surface area contributed by atoms with Crippen LogP contribution in [0.15, 0.2) is 68.4 Å². The SMILES string of the molecule is COc1c(Br)cc2[nH]c(Br)c(CCNC(C)=O)c2c1Br.COc1c(Br)cc2c(c1Br)c(CCNC(C)=O)c(Br)n2S(=O)(=O)c1ccc(C)cc1. The van der Waals surface area contributed by atoms with Crippen molar-refractivity contribution in [2.75, 3.05) is 27.3 Å². The van der Waals surface area contributed by atoms with Gasteiger partial charge in [0.05, 0.1) is 47.1 Å². The smallest absolute Gasteiger partial charge is 0.269 e. The van der Waals surface area contributed by atoms with Crippen LogP contribution in [0.3, 0.4) is 0 Å². The number of amides is 2. The quantitative estimate of drug-likeness (QED) is 0.128. The molecule has 0 bridgehead atoms. The number of carbonyl (C=O) groups is 2. The highest BCUT2D eigenvalue weighted by molar-refractivity contribution is 9.11. The zero-order chi connectivity index (χ0) is 37.1. The van der Waals surface area contributed by atoms with Crippen LogP contribution in [0, 0.1) is 6.92 Å². The molecule has 3 aromatic carbocycles. The number of H-pyrrole nitrogens is 1. The maximum absolute atomic E-state index is 13.6. The molecule has 268 valence electrons. The largest absolute Gasteiger partial charge is 0.494 e. The van der Waals surface area contributed by atoms with E-state index in [1.165, 1.54) is 17.8 Å². The number of nitrogens with one attached hydrogen (secondary N) is 3. The fourth-order valence-electron chi connectivity index (χ4n) is 5.28. The molecule has 3 N–H and O–H groups in total. The van der Waals surface area contributed by atoms with E-state index in [0.717, 1.165) is 53.3 Å². The molecule has 0 radical (unpaired) electrons. The normalized spacial score (nSPS) is 11.3. The number of aromatic amines is 1. The third-order valence-corrected chi connectivity index (χ3v) is 13.7. The Bertz CT molecular complexity index is 2200. The van der Waals surface area contributed by atoms with E-state index in [2.05, 4.69) is 111 Å². The lowest BCUT2D eigenvalue weighted by molar-refractivity contribution is -0.119. The first-order valence-corrected chi connectivity index (χ1v) is 21.0. The van der Waals surface area contributed by atoms with Gasteiger partial charge in [-0.1, -0.05) is 17.7 Å². The fourth-order valence-corrected chi connectivity index (χ4v) is 11.8. The van der Waals surface area contributed by atoms with Gasteiger partial charge in [0.2, 0.25) is 11.8 Å². The third kappa shape index (κ3) is 8.66. The summed E-state index contributed by atoms with van der Waals surface area (Å²) in [5.74, 6) is 1.13. The van der Waals surface area contributed by atoms with Crippen LogP contribution < -0.4 is 20.1 Å². The van der Waals surface area contributed by atoms with E-state index in [1.807, 2.05) is 13.0 Å². The summed E-state index contributed by atoms with van der Waals surface area (Å²) in [5, 5.41) is 7.32. The Morgan fingerprint density at radius 3 is 1.80 bits per heavy atom. The Kier molecular flexibility index (Phi) is 14.1. The van der Waals surface area contributed by atoms with E-state index in [9.17, 15) is 18.0 Å².